The van der Waals surface area contributed by atoms with Crippen LogP contribution < -0.4 is 10.6 Å². The molecule has 124 valence electrons. The molecule has 1 fully saturated rings. The Labute approximate surface area is 148 Å². The van der Waals surface area contributed by atoms with Gasteiger partial charge in [-0.05, 0) is 49.5 Å². The van der Waals surface area contributed by atoms with Crippen LogP contribution >= 0.6 is 35.6 Å². The zero-order chi connectivity index (χ0) is 15.2. The van der Waals surface area contributed by atoms with Crippen LogP contribution in [0.2, 0.25) is 10.0 Å². The second-order valence-electron chi connectivity index (χ2n) is 5.74. The molecule has 1 aliphatic rings. The fourth-order valence-corrected chi connectivity index (χ4v) is 3.50. The highest BCUT2D eigenvalue weighted by molar-refractivity contribution is 6.36. The second-order valence-corrected chi connectivity index (χ2v) is 6.55. The minimum atomic E-state index is 0. The molecule has 0 aliphatic carbocycles. The average Bonchev–Trinajstić information content (AvgIpc) is 2.96. The Morgan fingerprint density at radius 2 is 2.09 bits per heavy atom. The van der Waals surface area contributed by atoms with Gasteiger partial charge in [0.25, 0.3) is 0 Å². The summed E-state index contributed by atoms with van der Waals surface area (Å²) in [5.74, 6) is 0.853. The molecule has 6 heteroatoms. The Morgan fingerprint density at radius 1 is 1.41 bits per heavy atom. The number of carbonyl (C=O) groups is 1. The number of benzene rings is 1. The van der Waals surface area contributed by atoms with Crippen molar-refractivity contribution in [2.45, 2.75) is 32.1 Å². The monoisotopic (exact) mass is 364 g/mol. The molecule has 1 saturated heterocycles. The average molecular weight is 366 g/mol. The first-order valence-corrected chi connectivity index (χ1v) is 8.25. The van der Waals surface area contributed by atoms with E-state index in [9.17, 15) is 4.79 Å². The maximum absolute atomic E-state index is 11.9. The van der Waals surface area contributed by atoms with Crippen LogP contribution in [0.4, 0.5) is 0 Å². The highest BCUT2D eigenvalue weighted by atomic mass is 35.5. The number of hydrogen-bond acceptors (Lipinski definition) is 2. The number of hydrogen-bond donors (Lipinski definition) is 2. The topological polar surface area (TPSA) is 41.1 Å². The van der Waals surface area contributed by atoms with Gasteiger partial charge in [-0.2, -0.15) is 0 Å². The number of halogens is 3. The van der Waals surface area contributed by atoms with Gasteiger partial charge in [0.2, 0.25) is 5.91 Å². The minimum absolute atomic E-state index is 0. The van der Waals surface area contributed by atoms with Crippen molar-refractivity contribution in [1.29, 1.82) is 0 Å². The SMILES string of the molecule is CC(CNC(=O)CCC1CCNC1)c1c(Cl)cccc1Cl.Cl. The molecule has 22 heavy (non-hydrogen) atoms. The van der Waals surface area contributed by atoms with Crippen molar-refractivity contribution in [2.75, 3.05) is 19.6 Å². The van der Waals surface area contributed by atoms with Crippen LogP contribution in [-0.2, 0) is 4.79 Å². The molecule has 1 aromatic carbocycles. The van der Waals surface area contributed by atoms with Gasteiger partial charge in [-0.1, -0.05) is 36.2 Å². The van der Waals surface area contributed by atoms with Gasteiger partial charge >= 0.3 is 0 Å². The number of carbonyl (C=O) groups excluding carboxylic acids is 1. The fraction of sp³-hybridized carbons (Fsp3) is 0.562. The van der Waals surface area contributed by atoms with Crippen molar-refractivity contribution in [1.82, 2.24) is 10.6 Å². The molecule has 0 spiro atoms. The summed E-state index contributed by atoms with van der Waals surface area (Å²) >= 11 is 12.4. The lowest BCUT2D eigenvalue weighted by Crippen LogP contribution is -2.28. The lowest BCUT2D eigenvalue weighted by Gasteiger charge is -2.16. The summed E-state index contributed by atoms with van der Waals surface area (Å²) in [6.45, 7) is 4.70. The molecule has 2 atom stereocenters. The molecular formula is C16H23Cl3N2O. The third-order valence-electron chi connectivity index (χ3n) is 4.04. The van der Waals surface area contributed by atoms with E-state index in [-0.39, 0.29) is 24.2 Å². The molecule has 1 aliphatic heterocycles. The van der Waals surface area contributed by atoms with Crippen molar-refractivity contribution in [3.8, 4) is 0 Å². The molecular weight excluding hydrogens is 343 g/mol. The molecule has 3 nitrogen and oxygen atoms in total. The maximum atomic E-state index is 11.9. The third-order valence-corrected chi connectivity index (χ3v) is 4.70. The van der Waals surface area contributed by atoms with Crippen LogP contribution in [-0.4, -0.2) is 25.5 Å². The molecule has 0 bridgehead atoms. The van der Waals surface area contributed by atoms with Crippen LogP contribution in [0.1, 0.15) is 37.7 Å². The van der Waals surface area contributed by atoms with Crippen molar-refractivity contribution in [3.05, 3.63) is 33.8 Å². The van der Waals surface area contributed by atoms with Crippen molar-refractivity contribution in [3.63, 3.8) is 0 Å². The molecule has 0 saturated carbocycles. The first-order chi connectivity index (χ1) is 10.1. The second kappa shape index (κ2) is 9.61. The summed E-state index contributed by atoms with van der Waals surface area (Å²) in [4.78, 5) is 11.9. The largest absolute Gasteiger partial charge is 0.356 e. The Morgan fingerprint density at radius 3 is 2.68 bits per heavy atom. The molecule has 2 unspecified atom stereocenters. The first-order valence-electron chi connectivity index (χ1n) is 7.49. The van der Waals surface area contributed by atoms with Gasteiger partial charge in [0.05, 0.1) is 0 Å². The molecule has 1 aromatic rings. The number of nitrogens with one attached hydrogen (secondary N) is 2. The summed E-state index contributed by atoms with van der Waals surface area (Å²) in [6, 6.07) is 5.48. The molecule has 2 N–H and O–H groups in total. The van der Waals surface area contributed by atoms with E-state index in [0.717, 1.165) is 25.1 Å². The van der Waals surface area contributed by atoms with Crippen LogP contribution in [0.15, 0.2) is 18.2 Å². The third kappa shape index (κ3) is 5.62. The van der Waals surface area contributed by atoms with Gasteiger partial charge < -0.3 is 10.6 Å². The van der Waals surface area contributed by atoms with E-state index in [1.54, 1.807) is 0 Å². The first kappa shape index (κ1) is 19.6. The Hall–Kier alpha value is -0.480. The Kier molecular flexibility index (Phi) is 8.55. The highest BCUT2D eigenvalue weighted by Gasteiger charge is 2.17. The van der Waals surface area contributed by atoms with Crippen LogP contribution in [0.5, 0.6) is 0 Å². The predicted octanol–water partition coefficient (Wildman–Crippen LogP) is 4.02. The van der Waals surface area contributed by atoms with Gasteiger partial charge in [-0.25, -0.2) is 0 Å². The Balaban J connectivity index is 0.00000242. The molecule has 1 heterocycles. The van der Waals surface area contributed by atoms with Gasteiger partial charge in [0.15, 0.2) is 0 Å². The highest BCUT2D eigenvalue weighted by Crippen LogP contribution is 2.30. The van der Waals surface area contributed by atoms with E-state index in [2.05, 4.69) is 10.6 Å². The lowest BCUT2D eigenvalue weighted by atomic mass is 10.00. The summed E-state index contributed by atoms with van der Waals surface area (Å²) in [5, 5.41) is 7.61. The molecule has 2 rings (SSSR count). The van der Waals surface area contributed by atoms with E-state index in [0.29, 0.717) is 28.9 Å². The van der Waals surface area contributed by atoms with E-state index in [4.69, 9.17) is 23.2 Å². The van der Waals surface area contributed by atoms with E-state index >= 15 is 0 Å². The zero-order valence-corrected chi connectivity index (χ0v) is 15.0. The predicted molar refractivity (Wildman–Crippen MR) is 95.3 cm³/mol. The van der Waals surface area contributed by atoms with E-state index in [1.807, 2.05) is 25.1 Å². The quantitative estimate of drug-likeness (QED) is 0.799. The van der Waals surface area contributed by atoms with Crippen LogP contribution in [0.3, 0.4) is 0 Å². The van der Waals surface area contributed by atoms with Gasteiger partial charge in [0, 0.05) is 28.9 Å². The standard InChI is InChI=1S/C16H22Cl2N2O.ClH/c1-11(16-13(17)3-2-4-14(16)18)9-20-15(21)6-5-12-7-8-19-10-12;/h2-4,11-12,19H,5-10H2,1H3,(H,20,21);1H. The fourth-order valence-electron chi connectivity index (χ4n) is 2.73. The van der Waals surface area contributed by atoms with Crippen molar-refractivity contribution < 1.29 is 4.79 Å². The molecule has 1 amide bonds. The van der Waals surface area contributed by atoms with Crippen molar-refractivity contribution >= 4 is 41.5 Å². The zero-order valence-electron chi connectivity index (χ0n) is 12.7. The van der Waals surface area contributed by atoms with E-state index in [1.165, 1.54) is 6.42 Å². The van der Waals surface area contributed by atoms with Gasteiger partial charge in [0.1, 0.15) is 0 Å². The molecule has 0 aromatic heterocycles. The summed E-state index contributed by atoms with van der Waals surface area (Å²) in [5.41, 5.74) is 0.904. The lowest BCUT2D eigenvalue weighted by molar-refractivity contribution is -0.121. The van der Waals surface area contributed by atoms with Gasteiger partial charge in [-0.15, -0.1) is 12.4 Å². The summed E-state index contributed by atoms with van der Waals surface area (Å²) in [7, 11) is 0. The van der Waals surface area contributed by atoms with E-state index < -0.39 is 0 Å². The van der Waals surface area contributed by atoms with Gasteiger partial charge in [-0.3, -0.25) is 4.79 Å². The Bertz CT molecular complexity index is 470. The normalized spacial score (nSPS) is 18.6. The summed E-state index contributed by atoms with van der Waals surface area (Å²) in [6.07, 6.45) is 2.73. The maximum Gasteiger partial charge on any atom is 0.220 e. The van der Waals surface area contributed by atoms with Crippen LogP contribution in [0.25, 0.3) is 0 Å². The summed E-state index contributed by atoms with van der Waals surface area (Å²) < 4.78 is 0. The number of amides is 1. The number of rotatable bonds is 6. The molecule has 0 radical (unpaired) electrons. The van der Waals surface area contributed by atoms with Crippen molar-refractivity contribution in [2.24, 2.45) is 5.92 Å². The smallest absolute Gasteiger partial charge is 0.220 e. The minimum Gasteiger partial charge on any atom is -0.356 e. The van der Waals surface area contributed by atoms with Crippen LogP contribution in [0, 0.1) is 5.92 Å².